The summed E-state index contributed by atoms with van der Waals surface area (Å²) in [7, 11) is 0. The lowest BCUT2D eigenvalue weighted by Gasteiger charge is -2.31. The fraction of sp³-hybridized carbons (Fsp3) is 0.300. The lowest BCUT2D eigenvalue weighted by atomic mass is 9.96. The van der Waals surface area contributed by atoms with E-state index in [-0.39, 0.29) is 17.6 Å². The Morgan fingerprint density at radius 2 is 2.07 bits per heavy atom. The molecule has 0 saturated carbocycles. The van der Waals surface area contributed by atoms with Crippen LogP contribution in [-0.2, 0) is 0 Å². The van der Waals surface area contributed by atoms with Crippen LogP contribution in [0.25, 0.3) is 11.4 Å². The van der Waals surface area contributed by atoms with Crippen LogP contribution in [0.1, 0.15) is 40.6 Å². The number of nitrogens with zero attached hydrogens (tertiary/aromatic N) is 4. The first-order valence-corrected chi connectivity index (χ1v) is 8.91. The summed E-state index contributed by atoms with van der Waals surface area (Å²) < 4.78 is 18.8. The molecule has 7 heteroatoms. The van der Waals surface area contributed by atoms with Gasteiger partial charge in [0.15, 0.2) is 0 Å². The number of amides is 1. The summed E-state index contributed by atoms with van der Waals surface area (Å²) in [5, 5.41) is 4.05. The molecular formula is C20H19FN4O2. The molecule has 4 rings (SSSR count). The van der Waals surface area contributed by atoms with Crippen LogP contribution in [0.2, 0.25) is 0 Å². The molecule has 1 aliphatic rings. The molecule has 1 aliphatic heterocycles. The van der Waals surface area contributed by atoms with Gasteiger partial charge in [-0.25, -0.2) is 4.39 Å². The fourth-order valence-corrected chi connectivity index (χ4v) is 3.42. The highest BCUT2D eigenvalue weighted by atomic mass is 19.1. The molecule has 0 spiro atoms. The van der Waals surface area contributed by atoms with Crippen LogP contribution >= 0.6 is 0 Å². The minimum absolute atomic E-state index is 0.00783. The first-order chi connectivity index (χ1) is 13.1. The maximum atomic E-state index is 13.3. The van der Waals surface area contributed by atoms with E-state index in [1.807, 2.05) is 12.1 Å². The Hall–Kier alpha value is -3.09. The van der Waals surface area contributed by atoms with Crippen molar-refractivity contribution in [2.24, 2.45) is 0 Å². The van der Waals surface area contributed by atoms with Gasteiger partial charge in [0.05, 0.1) is 5.92 Å². The summed E-state index contributed by atoms with van der Waals surface area (Å²) in [5.74, 6) is 0.619. The van der Waals surface area contributed by atoms with Gasteiger partial charge in [0.2, 0.25) is 11.7 Å². The predicted molar refractivity (Wildman–Crippen MR) is 96.5 cm³/mol. The normalized spacial score (nSPS) is 17.1. The minimum atomic E-state index is -0.338. The summed E-state index contributed by atoms with van der Waals surface area (Å²) in [4.78, 5) is 23.1. The number of aromatic nitrogens is 3. The van der Waals surface area contributed by atoms with Crippen molar-refractivity contribution in [1.29, 1.82) is 0 Å². The molecule has 1 amide bonds. The number of hydrogen-bond donors (Lipinski definition) is 0. The summed E-state index contributed by atoms with van der Waals surface area (Å²) >= 11 is 0. The fourth-order valence-electron chi connectivity index (χ4n) is 3.42. The average molecular weight is 366 g/mol. The largest absolute Gasteiger partial charge is 0.339 e. The van der Waals surface area contributed by atoms with E-state index in [9.17, 15) is 9.18 Å². The summed E-state index contributed by atoms with van der Waals surface area (Å²) in [6, 6.07) is 7.89. The van der Waals surface area contributed by atoms with E-state index in [0.717, 1.165) is 18.4 Å². The number of piperidine rings is 1. The van der Waals surface area contributed by atoms with E-state index in [4.69, 9.17) is 4.52 Å². The summed E-state index contributed by atoms with van der Waals surface area (Å²) in [6.07, 6.45) is 5.09. The van der Waals surface area contributed by atoms with Crippen LogP contribution in [0.4, 0.5) is 4.39 Å². The third-order valence-corrected chi connectivity index (χ3v) is 4.86. The summed E-state index contributed by atoms with van der Waals surface area (Å²) in [6.45, 7) is 2.92. The van der Waals surface area contributed by atoms with Gasteiger partial charge in [-0.2, -0.15) is 4.98 Å². The number of hydrogen-bond acceptors (Lipinski definition) is 5. The Morgan fingerprint density at radius 1 is 1.26 bits per heavy atom. The number of carbonyl (C=O) groups excluding carboxylic acids is 1. The van der Waals surface area contributed by atoms with Crippen LogP contribution in [0.3, 0.4) is 0 Å². The molecule has 0 N–H and O–H groups in total. The Labute approximate surface area is 156 Å². The van der Waals surface area contributed by atoms with Gasteiger partial charge in [-0.05, 0) is 55.7 Å². The first kappa shape index (κ1) is 17.3. The van der Waals surface area contributed by atoms with Crippen molar-refractivity contribution in [3.8, 4) is 11.4 Å². The number of pyridine rings is 1. The molecular weight excluding hydrogens is 347 g/mol. The zero-order valence-corrected chi connectivity index (χ0v) is 14.9. The standard InChI is InChI=1S/C20H19FN4O2/c1-13-11-16(21)4-5-17(13)20(26)25-10-2-3-15(12-25)19-23-18(24-27-19)14-6-8-22-9-7-14/h4-9,11,15H,2-3,10,12H2,1H3. The highest BCUT2D eigenvalue weighted by molar-refractivity contribution is 5.95. The van der Waals surface area contributed by atoms with Crippen molar-refractivity contribution in [2.45, 2.75) is 25.7 Å². The molecule has 0 bridgehead atoms. The smallest absolute Gasteiger partial charge is 0.254 e. The molecule has 3 heterocycles. The van der Waals surface area contributed by atoms with Gasteiger partial charge in [-0.15, -0.1) is 0 Å². The van der Waals surface area contributed by atoms with E-state index in [1.54, 1.807) is 30.3 Å². The van der Waals surface area contributed by atoms with Gasteiger partial charge in [-0.3, -0.25) is 9.78 Å². The van der Waals surface area contributed by atoms with Gasteiger partial charge in [-0.1, -0.05) is 5.16 Å². The van der Waals surface area contributed by atoms with Gasteiger partial charge in [0.25, 0.3) is 5.91 Å². The van der Waals surface area contributed by atoms with Crippen LogP contribution in [0.5, 0.6) is 0 Å². The number of likely N-dealkylation sites (tertiary alicyclic amines) is 1. The second-order valence-electron chi connectivity index (χ2n) is 6.74. The number of carbonyl (C=O) groups is 1. The SMILES string of the molecule is Cc1cc(F)ccc1C(=O)N1CCCC(c2nc(-c3ccncc3)no2)C1. The van der Waals surface area contributed by atoms with Crippen molar-refractivity contribution >= 4 is 5.91 Å². The Morgan fingerprint density at radius 3 is 2.85 bits per heavy atom. The third kappa shape index (κ3) is 3.58. The van der Waals surface area contributed by atoms with E-state index < -0.39 is 0 Å². The molecule has 138 valence electrons. The number of rotatable bonds is 3. The van der Waals surface area contributed by atoms with Crippen molar-refractivity contribution < 1.29 is 13.7 Å². The minimum Gasteiger partial charge on any atom is -0.339 e. The molecule has 6 nitrogen and oxygen atoms in total. The molecule has 0 radical (unpaired) electrons. The molecule has 1 saturated heterocycles. The number of benzene rings is 1. The van der Waals surface area contributed by atoms with E-state index >= 15 is 0 Å². The molecule has 27 heavy (non-hydrogen) atoms. The van der Waals surface area contributed by atoms with Crippen molar-refractivity contribution in [2.75, 3.05) is 13.1 Å². The Bertz CT molecular complexity index is 958. The topological polar surface area (TPSA) is 72.1 Å². The highest BCUT2D eigenvalue weighted by Gasteiger charge is 2.29. The molecule has 0 aliphatic carbocycles. The second-order valence-corrected chi connectivity index (χ2v) is 6.74. The Balaban J connectivity index is 1.51. The maximum Gasteiger partial charge on any atom is 0.254 e. The summed E-state index contributed by atoms with van der Waals surface area (Å²) in [5.41, 5.74) is 2.01. The lowest BCUT2D eigenvalue weighted by Crippen LogP contribution is -2.39. The third-order valence-electron chi connectivity index (χ3n) is 4.86. The molecule has 2 aromatic heterocycles. The predicted octanol–water partition coefficient (Wildman–Crippen LogP) is 3.60. The molecule has 1 unspecified atom stereocenters. The first-order valence-electron chi connectivity index (χ1n) is 8.91. The van der Waals surface area contributed by atoms with Crippen LogP contribution in [0.15, 0.2) is 47.2 Å². The lowest BCUT2D eigenvalue weighted by molar-refractivity contribution is 0.0695. The molecule has 1 atom stereocenters. The molecule has 1 aromatic carbocycles. The van der Waals surface area contributed by atoms with Crippen molar-refractivity contribution in [3.05, 3.63) is 65.6 Å². The van der Waals surface area contributed by atoms with Gasteiger partial charge >= 0.3 is 0 Å². The average Bonchev–Trinajstić information content (AvgIpc) is 3.19. The maximum absolute atomic E-state index is 13.3. The Kier molecular flexibility index (Phi) is 4.66. The monoisotopic (exact) mass is 366 g/mol. The van der Waals surface area contributed by atoms with Crippen molar-refractivity contribution in [3.63, 3.8) is 0 Å². The van der Waals surface area contributed by atoms with Gasteiger partial charge < -0.3 is 9.42 Å². The zero-order valence-electron chi connectivity index (χ0n) is 14.9. The number of aryl methyl sites for hydroxylation is 1. The number of halogens is 1. The van der Waals surface area contributed by atoms with Crippen molar-refractivity contribution in [1.82, 2.24) is 20.0 Å². The van der Waals surface area contributed by atoms with E-state index in [1.165, 1.54) is 12.1 Å². The van der Waals surface area contributed by atoms with Crippen LogP contribution < -0.4 is 0 Å². The van der Waals surface area contributed by atoms with Gasteiger partial charge in [0.1, 0.15) is 5.82 Å². The quantitative estimate of drug-likeness (QED) is 0.708. The second kappa shape index (κ2) is 7.26. The van der Waals surface area contributed by atoms with Crippen LogP contribution in [0, 0.1) is 12.7 Å². The van der Waals surface area contributed by atoms with E-state index in [2.05, 4.69) is 15.1 Å². The van der Waals surface area contributed by atoms with E-state index in [0.29, 0.717) is 35.9 Å². The van der Waals surface area contributed by atoms with Gasteiger partial charge in [0, 0.05) is 36.6 Å². The highest BCUT2D eigenvalue weighted by Crippen LogP contribution is 2.28. The molecule has 3 aromatic rings. The van der Waals surface area contributed by atoms with Crippen LogP contribution in [-0.4, -0.2) is 39.0 Å². The molecule has 1 fully saturated rings. The zero-order chi connectivity index (χ0) is 18.8.